The number of ether oxygens (including phenoxy) is 1. The van der Waals surface area contributed by atoms with Gasteiger partial charge >= 0.3 is 0 Å². The maximum atomic E-state index is 13.2. The summed E-state index contributed by atoms with van der Waals surface area (Å²) in [5.74, 6) is -0.929. The Labute approximate surface area is 114 Å². The number of aryl methyl sites for hydroxylation is 1. The fourth-order valence-electron chi connectivity index (χ4n) is 1.63. The average molecular weight is 276 g/mol. The van der Waals surface area contributed by atoms with Crippen molar-refractivity contribution in [2.24, 2.45) is 7.05 Å². The van der Waals surface area contributed by atoms with E-state index in [0.717, 1.165) is 0 Å². The molecule has 5 nitrogen and oxygen atoms in total. The van der Waals surface area contributed by atoms with Gasteiger partial charge in [-0.15, -0.1) is 0 Å². The normalized spacial score (nSPS) is 10.2. The number of rotatable bonds is 3. The third-order valence-electron chi connectivity index (χ3n) is 2.78. The highest BCUT2D eigenvalue weighted by molar-refractivity contribution is 6.04. The SMILES string of the molecule is COc1cc(NC(=O)c2ccn(C)c(=O)c2)ccc1F. The van der Waals surface area contributed by atoms with Gasteiger partial charge < -0.3 is 14.6 Å². The molecule has 0 saturated carbocycles. The minimum Gasteiger partial charge on any atom is -0.494 e. The maximum absolute atomic E-state index is 13.2. The largest absolute Gasteiger partial charge is 0.494 e. The average Bonchev–Trinajstić information content (AvgIpc) is 2.43. The highest BCUT2D eigenvalue weighted by atomic mass is 19.1. The lowest BCUT2D eigenvalue weighted by molar-refractivity contribution is 0.102. The molecule has 0 atom stereocenters. The van der Waals surface area contributed by atoms with Crippen LogP contribution in [0.2, 0.25) is 0 Å². The maximum Gasteiger partial charge on any atom is 0.255 e. The van der Waals surface area contributed by atoms with E-state index in [0.29, 0.717) is 5.69 Å². The van der Waals surface area contributed by atoms with Crippen LogP contribution in [-0.2, 0) is 7.05 Å². The van der Waals surface area contributed by atoms with E-state index in [9.17, 15) is 14.0 Å². The molecular weight excluding hydrogens is 263 g/mol. The van der Waals surface area contributed by atoms with Crippen LogP contribution in [0.3, 0.4) is 0 Å². The predicted molar refractivity (Wildman–Crippen MR) is 72.6 cm³/mol. The summed E-state index contributed by atoms with van der Waals surface area (Å²) in [5, 5.41) is 2.57. The first-order valence-electron chi connectivity index (χ1n) is 5.83. The van der Waals surface area contributed by atoms with Crippen molar-refractivity contribution in [3.8, 4) is 5.75 Å². The number of amides is 1. The molecule has 0 radical (unpaired) electrons. The summed E-state index contributed by atoms with van der Waals surface area (Å²) in [6.45, 7) is 0. The fraction of sp³-hybridized carbons (Fsp3) is 0.143. The molecule has 0 unspecified atom stereocenters. The molecule has 2 rings (SSSR count). The van der Waals surface area contributed by atoms with E-state index in [2.05, 4.69) is 5.32 Å². The second kappa shape index (κ2) is 5.56. The minimum atomic E-state index is -0.515. The summed E-state index contributed by atoms with van der Waals surface area (Å²) < 4.78 is 19.4. The van der Waals surface area contributed by atoms with Gasteiger partial charge in [-0.2, -0.15) is 0 Å². The number of anilines is 1. The number of hydrogen-bond donors (Lipinski definition) is 1. The Hall–Kier alpha value is -2.63. The summed E-state index contributed by atoms with van der Waals surface area (Å²) in [5.41, 5.74) is 0.333. The molecule has 20 heavy (non-hydrogen) atoms. The topological polar surface area (TPSA) is 60.3 Å². The predicted octanol–water partition coefficient (Wildman–Crippen LogP) is 1.79. The smallest absolute Gasteiger partial charge is 0.255 e. The molecule has 1 heterocycles. The number of methoxy groups -OCH3 is 1. The van der Waals surface area contributed by atoms with Gasteiger partial charge in [0.25, 0.3) is 11.5 Å². The highest BCUT2D eigenvalue weighted by Crippen LogP contribution is 2.21. The lowest BCUT2D eigenvalue weighted by atomic mass is 10.2. The Kier molecular flexibility index (Phi) is 3.84. The van der Waals surface area contributed by atoms with E-state index in [1.807, 2.05) is 0 Å². The summed E-state index contributed by atoms with van der Waals surface area (Å²) in [7, 11) is 2.93. The van der Waals surface area contributed by atoms with Crippen molar-refractivity contribution in [1.29, 1.82) is 0 Å². The number of benzene rings is 1. The molecule has 0 aliphatic carbocycles. The van der Waals surface area contributed by atoms with Crippen LogP contribution in [0.1, 0.15) is 10.4 Å². The molecule has 2 aromatic rings. The molecule has 0 fully saturated rings. The number of carbonyl (C=O) groups is 1. The van der Waals surface area contributed by atoms with Gasteiger partial charge in [0.2, 0.25) is 0 Å². The molecule has 0 spiro atoms. The lowest BCUT2D eigenvalue weighted by Crippen LogP contribution is -2.20. The molecule has 1 N–H and O–H groups in total. The first-order chi connectivity index (χ1) is 9.51. The number of halogens is 1. The lowest BCUT2D eigenvalue weighted by Gasteiger charge is -2.08. The molecule has 6 heteroatoms. The van der Waals surface area contributed by atoms with Crippen molar-refractivity contribution in [2.75, 3.05) is 12.4 Å². The molecule has 0 aliphatic rings. The Balaban J connectivity index is 2.23. The number of hydrogen-bond acceptors (Lipinski definition) is 3. The quantitative estimate of drug-likeness (QED) is 0.929. The third-order valence-corrected chi connectivity index (χ3v) is 2.78. The van der Waals surface area contributed by atoms with Crippen molar-refractivity contribution in [1.82, 2.24) is 4.57 Å². The van der Waals surface area contributed by atoms with Gasteiger partial charge in [0, 0.05) is 36.6 Å². The number of pyridine rings is 1. The summed E-state index contributed by atoms with van der Waals surface area (Å²) in [4.78, 5) is 23.4. The number of carbonyl (C=O) groups excluding carboxylic acids is 1. The van der Waals surface area contributed by atoms with Crippen molar-refractivity contribution < 1.29 is 13.9 Å². The van der Waals surface area contributed by atoms with E-state index in [1.165, 1.54) is 48.2 Å². The molecular formula is C14H13FN2O3. The van der Waals surface area contributed by atoms with Crippen molar-refractivity contribution in [2.45, 2.75) is 0 Å². The Morgan fingerprint density at radius 1 is 1.30 bits per heavy atom. The van der Waals surface area contributed by atoms with E-state index in [-0.39, 0.29) is 16.9 Å². The van der Waals surface area contributed by atoms with E-state index >= 15 is 0 Å². The van der Waals surface area contributed by atoms with Crippen molar-refractivity contribution in [3.05, 3.63) is 58.3 Å². The number of aromatic nitrogens is 1. The summed E-state index contributed by atoms with van der Waals surface area (Å²) in [6.07, 6.45) is 1.50. The van der Waals surface area contributed by atoms with E-state index in [1.54, 1.807) is 7.05 Å². The van der Waals surface area contributed by atoms with Gasteiger partial charge in [-0.05, 0) is 18.2 Å². The second-order valence-electron chi connectivity index (χ2n) is 4.17. The molecule has 1 aromatic carbocycles. The third kappa shape index (κ3) is 2.85. The van der Waals surface area contributed by atoms with Crippen LogP contribution < -0.4 is 15.6 Å². The van der Waals surface area contributed by atoms with Gasteiger partial charge in [0.05, 0.1) is 7.11 Å². The number of nitrogens with one attached hydrogen (secondary N) is 1. The molecule has 0 aliphatic heterocycles. The summed E-state index contributed by atoms with van der Waals surface area (Å²) >= 11 is 0. The van der Waals surface area contributed by atoms with Crippen LogP contribution in [0.25, 0.3) is 0 Å². The molecule has 1 aromatic heterocycles. The van der Waals surface area contributed by atoms with E-state index in [4.69, 9.17) is 4.74 Å². The van der Waals surface area contributed by atoms with Crippen LogP contribution in [0.15, 0.2) is 41.3 Å². The van der Waals surface area contributed by atoms with Gasteiger partial charge in [-0.25, -0.2) is 4.39 Å². The van der Waals surface area contributed by atoms with Crippen LogP contribution in [0.5, 0.6) is 5.75 Å². The van der Waals surface area contributed by atoms with Crippen LogP contribution in [0, 0.1) is 5.82 Å². The van der Waals surface area contributed by atoms with Gasteiger partial charge in [-0.1, -0.05) is 0 Å². The van der Waals surface area contributed by atoms with Gasteiger partial charge in [0.1, 0.15) is 0 Å². The van der Waals surface area contributed by atoms with Crippen LogP contribution >= 0.6 is 0 Å². The Morgan fingerprint density at radius 2 is 2.05 bits per heavy atom. The summed E-state index contributed by atoms with van der Waals surface area (Å²) in [6, 6.07) is 6.73. The molecule has 1 amide bonds. The van der Waals surface area contributed by atoms with Gasteiger partial charge in [0.15, 0.2) is 11.6 Å². The Morgan fingerprint density at radius 3 is 2.70 bits per heavy atom. The molecule has 0 bridgehead atoms. The minimum absolute atomic E-state index is 0.0341. The van der Waals surface area contributed by atoms with Crippen LogP contribution in [0.4, 0.5) is 10.1 Å². The second-order valence-corrected chi connectivity index (χ2v) is 4.17. The standard InChI is InChI=1S/C14H13FN2O3/c1-17-6-5-9(7-13(17)18)14(19)16-10-3-4-11(15)12(8-10)20-2/h3-8H,1-2H3,(H,16,19). The first kappa shape index (κ1) is 13.8. The number of nitrogens with zero attached hydrogens (tertiary/aromatic N) is 1. The molecule has 0 saturated heterocycles. The zero-order valence-corrected chi connectivity index (χ0v) is 11.0. The zero-order valence-electron chi connectivity index (χ0n) is 11.0. The first-order valence-corrected chi connectivity index (χ1v) is 5.83. The zero-order chi connectivity index (χ0) is 14.7. The van der Waals surface area contributed by atoms with Crippen molar-refractivity contribution in [3.63, 3.8) is 0 Å². The monoisotopic (exact) mass is 276 g/mol. The Bertz CT molecular complexity index is 710. The van der Waals surface area contributed by atoms with Crippen LogP contribution in [-0.4, -0.2) is 17.6 Å². The molecule has 104 valence electrons. The van der Waals surface area contributed by atoms with E-state index < -0.39 is 11.7 Å². The highest BCUT2D eigenvalue weighted by Gasteiger charge is 2.09. The fourth-order valence-corrected chi connectivity index (χ4v) is 1.63. The van der Waals surface area contributed by atoms with Gasteiger partial charge in [-0.3, -0.25) is 9.59 Å². The van der Waals surface area contributed by atoms with Crippen molar-refractivity contribution >= 4 is 11.6 Å².